The maximum Gasteiger partial charge on any atom is 0.343 e. The first-order valence-corrected chi connectivity index (χ1v) is 8.63. The van der Waals surface area contributed by atoms with Crippen molar-refractivity contribution in [3.8, 4) is 5.75 Å². The number of aryl methyl sites for hydroxylation is 1. The summed E-state index contributed by atoms with van der Waals surface area (Å²) in [7, 11) is 0. The molecule has 2 aromatic rings. The van der Waals surface area contributed by atoms with Crippen LogP contribution in [0.1, 0.15) is 66.1 Å². The molecule has 0 N–H and O–H groups in total. The van der Waals surface area contributed by atoms with E-state index in [2.05, 4.69) is 32.1 Å². The lowest BCUT2D eigenvalue weighted by atomic mass is 9.86. The standard InChI is InChI=1S/C22H24O2/c1-15-8-7-9-16(2)20-14-21(17(3)13-19(20)12-15)24-22(23)18-10-5-4-6-11-18/h4-6,10-14,16H,7-9H2,1-3H3/b15-12-/t16-/m1/s1. The zero-order chi connectivity index (χ0) is 17.1. The quantitative estimate of drug-likeness (QED) is 0.508. The summed E-state index contributed by atoms with van der Waals surface area (Å²) >= 11 is 0. The van der Waals surface area contributed by atoms with Crippen LogP contribution in [0.3, 0.4) is 0 Å². The molecule has 24 heavy (non-hydrogen) atoms. The molecular formula is C22H24O2. The fourth-order valence-electron chi connectivity index (χ4n) is 3.30. The Hall–Kier alpha value is -2.35. The fourth-order valence-corrected chi connectivity index (χ4v) is 3.30. The van der Waals surface area contributed by atoms with Crippen LogP contribution in [0.4, 0.5) is 0 Å². The predicted octanol–water partition coefficient (Wildman–Crippen LogP) is 5.90. The molecule has 0 bridgehead atoms. The van der Waals surface area contributed by atoms with Crippen LogP contribution in [0.15, 0.2) is 48.0 Å². The maximum atomic E-state index is 12.4. The monoisotopic (exact) mass is 320 g/mol. The number of fused-ring (bicyclic) bond motifs is 1. The van der Waals surface area contributed by atoms with E-state index in [1.54, 1.807) is 12.1 Å². The summed E-state index contributed by atoms with van der Waals surface area (Å²) < 4.78 is 5.68. The average molecular weight is 320 g/mol. The predicted molar refractivity (Wildman–Crippen MR) is 98.5 cm³/mol. The van der Waals surface area contributed by atoms with Gasteiger partial charge in [0.15, 0.2) is 0 Å². The van der Waals surface area contributed by atoms with Gasteiger partial charge in [0.2, 0.25) is 0 Å². The maximum absolute atomic E-state index is 12.4. The van der Waals surface area contributed by atoms with Gasteiger partial charge in [-0.3, -0.25) is 0 Å². The lowest BCUT2D eigenvalue weighted by Crippen LogP contribution is -2.10. The van der Waals surface area contributed by atoms with Crippen molar-refractivity contribution in [1.82, 2.24) is 0 Å². The molecule has 0 aliphatic heterocycles. The Labute approximate surface area is 144 Å². The second-order valence-electron chi connectivity index (χ2n) is 6.79. The van der Waals surface area contributed by atoms with Gasteiger partial charge >= 0.3 is 5.97 Å². The molecule has 0 aromatic heterocycles. The second kappa shape index (κ2) is 7.04. The van der Waals surface area contributed by atoms with Gasteiger partial charge in [-0.15, -0.1) is 0 Å². The van der Waals surface area contributed by atoms with E-state index in [0.29, 0.717) is 17.2 Å². The van der Waals surface area contributed by atoms with Gasteiger partial charge in [-0.1, -0.05) is 36.8 Å². The number of carbonyl (C=O) groups is 1. The minimum atomic E-state index is -0.302. The number of ether oxygens (including phenoxy) is 1. The Kier molecular flexibility index (Phi) is 4.84. The van der Waals surface area contributed by atoms with Crippen LogP contribution in [0, 0.1) is 6.92 Å². The van der Waals surface area contributed by atoms with E-state index in [1.807, 2.05) is 25.1 Å². The third kappa shape index (κ3) is 3.59. The Bertz CT molecular complexity index is 772. The molecule has 0 spiro atoms. The van der Waals surface area contributed by atoms with Gasteiger partial charge in [-0.2, -0.15) is 0 Å². The minimum Gasteiger partial charge on any atom is -0.423 e. The highest BCUT2D eigenvalue weighted by atomic mass is 16.5. The zero-order valence-corrected chi connectivity index (χ0v) is 14.6. The highest BCUT2D eigenvalue weighted by Gasteiger charge is 2.17. The largest absolute Gasteiger partial charge is 0.423 e. The fraction of sp³-hybridized carbons (Fsp3) is 0.318. The summed E-state index contributed by atoms with van der Waals surface area (Å²) in [5.74, 6) is 0.837. The van der Waals surface area contributed by atoms with Gasteiger partial charge in [-0.05, 0) is 80.0 Å². The smallest absolute Gasteiger partial charge is 0.343 e. The third-order valence-electron chi connectivity index (χ3n) is 4.73. The van der Waals surface area contributed by atoms with Crippen LogP contribution >= 0.6 is 0 Å². The summed E-state index contributed by atoms with van der Waals surface area (Å²) in [6.45, 7) is 6.45. The molecule has 2 aromatic carbocycles. The summed E-state index contributed by atoms with van der Waals surface area (Å²) in [6, 6.07) is 13.3. The Morgan fingerprint density at radius 3 is 2.62 bits per heavy atom. The molecule has 0 saturated carbocycles. The van der Waals surface area contributed by atoms with Gasteiger partial charge < -0.3 is 4.74 Å². The molecule has 0 amide bonds. The lowest BCUT2D eigenvalue weighted by molar-refractivity contribution is 0.0733. The summed E-state index contributed by atoms with van der Waals surface area (Å²) in [5, 5.41) is 0. The number of benzene rings is 2. The molecule has 0 fully saturated rings. The first-order valence-electron chi connectivity index (χ1n) is 8.63. The highest BCUT2D eigenvalue weighted by molar-refractivity contribution is 5.91. The van der Waals surface area contributed by atoms with Crippen LogP contribution in [0.2, 0.25) is 0 Å². The van der Waals surface area contributed by atoms with Crippen molar-refractivity contribution in [2.75, 3.05) is 0 Å². The first-order chi connectivity index (χ1) is 11.5. The van der Waals surface area contributed by atoms with E-state index in [-0.39, 0.29) is 5.97 Å². The molecule has 2 heteroatoms. The lowest BCUT2D eigenvalue weighted by Gasteiger charge is -2.21. The highest BCUT2D eigenvalue weighted by Crippen LogP contribution is 2.35. The topological polar surface area (TPSA) is 26.3 Å². The van der Waals surface area contributed by atoms with E-state index in [9.17, 15) is 4.79 Å². The summed E-state index contributed by atoms with van der Waals surface area (Å²) in [5.41, 5.74) is 5.52. The molecule has 3 rings (SSSR count). The van der Waals surface area contributed by atoms with Crippen molar-refractivity contribution in [3.05, 3.63) is 70.3 Å². The Morgan fingerprint density at radius 1 is 1.12 bits per heavy atom. The Morgan fingerprint density at radius 2 is 1.88 bits per heavy atom. The van der Waals surface area contributed by atoms with Crippen molar-refractivity contribution >= 4 is 12.0 Å². The summed E-state index contributed by atoms with van der Waals surface area (Å²) in [4.78, 5) is 12.4. The van der Waals surface area contributed by atoms with Crippen LogP contribution in [-0.2, 0) is 0 Å². The molecule has 2 nitrogen and oxygen atoms in total. The van der Waals surface area contributed by atoms with Gasteiger partial charge in [0.1, 0.15) is 5.75 Å². The molecule has 1 aliphatic rings. The van der Waals surface area contributed by atoms with E-state index < -0.39 is 0 Å². The minimum absolute atomic E-state index is 0.302. The van der Waals surface area contributed by atoms with Crippen molar-refractivity contribution in [1.29, 1.82) is 0 Å². The van der Waals surface area contributed by atoms with E-state index in [4.69, 9.17) is 4.74 Å². The van der Waals surface area contributed by atoms with Crippen molar-refractivity contribution in [3.63, 3.8) is 0 Å². The van der Waals surface area contributed by atoms with Gasteiger partial charge in [0, 0.05) is 0 Å². The third-order valence-corrected chi connectivity index (χ3v) is 4.73. The number of allylic oxidation sites excluding steroid dienone is 1. The number of hydrogen-bond acceptors (Lipinski definition) is 2. The SMILES string of the molecule is C/C1=C/c2cc(C)c(OC(=O)c3ccccc3)cc2[C@H](C)CCC1. The molecular weight excluding hydrogens is 296 g/mol. The van der Waals surface area contributed by atoms with E-state index in [0.717, 1.165) is 18.4 Å². The van der Waals surface area contributed by atoms with Gasteiger partial charge in [0.25, 0.3) is 0 Å². The van der Waals surface area contributed by atoms with E-state index in [1.165, 1.54) is 23.1 Å². The molecule has 0 radical (unpaired) electrons. The number of hydrogen-bond donors (Lipinski definition) is 0. The molecule has 0 unspecified atom stereocenters. The van der Waals surface area contributed by atoms with Crippen LogP contribution in [0.5, 0.6) is 5.75 Å². The molecule has 0 heterocycles. The van der Waals surface area contributed by atoms with Crippen molar-refractivity contribution in [2.45, 2.75) is 46.0 Å². The second-order valence-corrected chi connectivity index (χ2v) is 6.79. The Balaban J connectivity index is 1.95. The van der Waals surface area contributed by atoms with Crippen LogP contribution in [-0.4, -0.2) is 5.97 Å². The van der Waals surface area contributed by atoms with Gasteiger partial charge in [-0.25, -0.2) is 4.79 Å². The van der Waals surface area contributed by atoms with Crippen LogP contribution in [0.25, 0.3) is 6.08 Å². The van der Waals surface area contributed by atoms with Crippen LogP contribution < -0.4 is 4.74 Å². The number of rotatable bonds is 2. The molecule has 0 saturated heterocycles. The van der Waals surface area contributed by atoms with Gasteiger partial charge in [0.05, 0.1) is 5.56 Å². The van der Waals surface area contributed by atoms with E-state index >= 15 is 0 Å². The average Bonchev–Trinajstić information content (AvgIpc) is 2.56. The number of esters is 1. The molecule has 1 aliphatic carbocycles. The molecule has 1 atom stereocenters. The summed E-state index contributed by atoms with van der Waals surface area (Å²) in [6.07, 6.45) is 5.80. The molecule has 124 valence electrons. The van der Waals surface area contributed by atoms with Crippen molar-refractivity contribution in [2.24, 2.45) is 0 Å². The first kappa shape index (κ1) is 16.5. The zero-order valence-electron chi connectivity index (χ0n) is 14.6. The number of carbonyl (C=O) groups excluding carboxylic acids is 1. The van der Waals surface area contributed by atoms with Crippen molar-refractivity contribution < 1.29 is 9.53 Å². The normalized spacial score (nSPS) is 19.5.